The minimum Gasteiger partial charge on any atom is -0.494 e. The lowest BCUT2D eigenvalue weighted by Gasteiger charge is -2.24. The molecule has 0 spiro atoms. The third-order valence-corrected chi connectivity index (χ3v) is 4.57. The number of pyridine rings is 1. The second-order valence-electron chi connectivity index (χ2n) is 6.41. The van der Waals surface area contributed by atoms with Crippen LogP contribution in [0.5, 0.6) is 5.75 Å². The summed E-state index contributed by atoms with van der Waals surface area (Å²) in [6, 6.07) is 7.34. The first-order chi connectivity index (χ1) is 13.2. The predicted octanol–water partition coefficient (Wildman–Crippen LogP) is 2.90. The minimum absolute atomic E-state index is 0.0165. The Bertz CT molecular complexity index is 939. The Kier molecular flexibility index (Phi) is 4.85. The van der Waals surface area contributed by atoms with Crippen molar-refractivity contribution in [2.75, 3.05) is 25.5 Å². The molecular formula is C18H20F2N6O. The molecule has 1 atom stereocenters. The average molecular weight is 374 g/mol. The van der Waals surface area contributed by atoms with Crippen LogP contribution in [-0.2, 0) is 0 Å². The maximum Gasteiger partial charge on any atom is 0.285 e. The number of methoxy groups -OCH3 is 1. The summed E-state index contributed by atoms with van der Waals surface area (Å²) < 4.78 is 33.0. The van der Waals surface area contributed by atoms with E-state index < -0.39 is 12.1 Å². The first kappa shape index (κ1) is 17.6. The van der Waals surface area contributed by atoms with E-state index in [1.165, 1.54) is 17.7 Å². The summed E-state index contributed by atoms with van der Waals surface area (Å²) in [5, 5.41) is 10.8. The molecule has 4 rings (SSSR count). The van der Waals surface area contributed by atoms with Crippen LogP contribution in [-0.4, -0.2) is 45.8 Å². The van der Waals surface area contributed by atoms with Crippen molar-refractivity contribution in [2.24, 2.45) is 0 Å². The molecule has 1 saturated heterocycles. The first-order valence-electron chi connectivity index (χ1n) is 8.81. The van der Waals surface area contributed by atoms with Crippen molar-refractivity contribution < 1.29 is 13.5 Å². The van der Waals surface area contributed by atoms with Crippen LogP contribution in [0.3, 0.4) is 0 Å². The normalized spacial score (nSPS) is 17.4. The Labute approximate surface area is 154 Å². The fourth-order valence-corrected chi connectivity index (χ4v) is 3.24. The molecule has 0 bridgehead atoms. The Hall–Kier alpha value is -2.81. The number of rotatable bonds is 5. The van der Waals surface area contributed by atoms with Crippen molar-refractivity contribution in [2.45, 2.75) is 25.3 Å². The van der Waals surface area contributed by atoms with Crippen LogP contribution in [0.25, 0.3) is 17.0 Å². The van der Waals surface area contributed by atoms with Crippen molar-refractivity contribution in [1.29, 1.82) is 0 Å². The molecular weight excluding hydrogens is 354 g/mol. The Balaban J connectivity index is 1.69. The highest BCUT2D eigenvalue weighted by Gasteiger charge is 2.20. The Morgan fingerprint density at radius 2 is 2.26 bits per heavy atom. The highest BCUT2D eigenvalue weighted by molar-refractivity contribution is 5.62. The maximum absolute atomic E-state index is 13.3. The van der Waals surface area contributed by atoms with Crippen molar-refractivity contribution >= 4 is 11.5 Å². The van der Waals surface area contributed by atoms with Crippen LogP contribution in [0.15, 0.2) is 30.5 Å². The van der Waals surface area contributed by atoms with Gasteiger partial charge < -0.3 is 15.4 Å². The van der Waals surface area contributed by atoms with E-state index in [-0.39, 0.29) is 5.75 Å². The number of nitrogens with zero attached hydrogens (tertiary/aromatic N) is 4. The van der Waals surface area contributed by atoms with Gasteiger partial charge in [-0.05, 0) is 31.5 Å². The smallest absolute Gasteiger partial charge is 0.285 e. The minimum atomic E-state index is -2.75. The lowest BCUT2D eigenvalue weighted by atomic mass is 10.1. The lowest BCUT2D eigenvalue weighted by molar-refractivity contribution is 0.139. The van der Waals surface area contributed by atoms with E-state index in [1.54, 1.807) is 6.20 Å². The van der Waals surface area contributed by atoms with Gasteiger partial charge in [0.15, 0.2) is 17.1 Å². The van der Waals surface area contributed by atoms with Gasteiger partial charge >= 0.3 is 0 Å². The lowest BCUT2D eigenvalue weighted by Crippen LogP contribution is -2.38. The summed E-state index contributed by atoms with van der Waals surface area (Å²) >= 11 is 0. The van der Waals surface area contributed by atoms with Gasteiger partial charge in [0.05, 0.1) is 19.0 Å². The molecule has 0 aliphatic carbocycles. The molecule has 0 amide bonds. The zero-order valence-electron chi connectivity index (χ0n) is 14.8. The number of nitrogens with one attached hydrogen (secondary N) is 2. The zero-order chi connectivity index (χ0) is 18.8. The van der Waals surface area contributed by atoms with Gasteiger partial charge in [0, 0.05) is 18.7 Å². The summed E-state index contributed by atoms with van der Waals surface area (Å²) in [4.78, 5) is 8.87. The molecule has 1 fully saturated rings. The second-order valence-corrected chi connectivity index (χ2v) is 6.41. The van der Waals surface area contributed by atoms with E-state index in [4.69, 9.17) is 4.74 Å². The van der Waals surface area contributed by atoms with Crippen molar-refractivity contribution in [3.63, 3.8) is 0 Å². The largest absolute Gasteiger partial charge is 0.494 e. The van der Waals surface area contributed by atoms with Gasteiger partial charge in [0.1, 0.15) is 11.5 Å². The van der Waals surface area contributed by atoms with E-state index >= 15 is 0 Å². The molecule has 7 nitrogen and oxygen atoms in total. The number of piperidine rings is 1. The van der Waals surface area contributed by atoms with Gasteiger partial charge in [-0.15, -0.1) is 0 Å². The Morgan fingerprint density at radius 1 is 1.37 bits per heavy atom. The highest BCUT2D eigenvalue weighted by Crippen LogP contribution is 2.29. The molecule has 1 aliphatic heterocycles. The van der Waals surface area contributed by atoms with Gasteiger partial charge in [-0.3, -0.25) is 0 Å². The summed E-state index contributed by atoms with van der Waals surface area (Å²) in [5.41, 5.74) is 1.14. The van der Waals surface area contributed by atoms with E-state index in [2.05, 4.69) is 25.7 Å². The van der Waals surface area contributed by atoms with Crippen LogP contribution in [0, 0.1) is 0 Å². The molecule has 0 aromatic carbocycles. The molecule has 0 unspecified atom stereocenters. The molecule has 3 aromatic heterocycles. The Morgan fingerprint density at radius 3 is 3.00 bits per heavy atom. The molecule has 0 radical (unpaired) electrons. The van der Waals surface area contributed by atoms with Crippen molar-refractivity contribution in [3.05, 3.63) is 36.2 Å². The van der Waals surface area contributed by atoms with Crippen molar-refractivity contribution in [1.82, 2.24) is 24.9 Å². The highest BCUT2D eigenvalue weighted by atomic mass is 19.3. The fourth-order valence-electron chi connectivity index (χ4n) is 3.24. The summed E-state index contributed by atoms with van der Waals surface area (Å²) in [7, 11) is 1.33. The predicted molar refractivity (Wildman–Crippen MR) is 97.2 cm³/mol. The third-order valence-electron chi connectivity index (χ3n) is 4.57. The van der Waals surface area contributed by atoms with E-state index in [0.29, 0.717) is 23.1 Å². The van der Waals surface area contributed by atoms with E-state index in [1.807, 2.05) is 18.2 Å². The number of fused-ring (bicyclic) bond motifs is 1. The standard InChI is InChI=1S/C18H20F2N6O/c1-27-14-8-16-22-10-13(26(16)25-17(14)18(19)20)12-5-2-6-15(24-12)23-11-4-3-7-21-9-11/h2,5-6,8,10-11,18,21H,3-4,7,9H2,1H3,(H,23,24)/t11-/m1/s1. The number of hydrogen-bond donors (Lipinski definition) is 2. The van der Waals surface area contributed by atoms with E-state index in [0.717, 1.165) is 31.7 Å². The number of halogens is 2. The molecule has 4 heterocycles. The van der Waals surface area contributed by atoms with Crippen LogP contribution >= 0.6 is 0 Å². The summed E-state index contributed by atoms with van der Waals surface area (Å²) in [6.07, 6.45) is 1.02. The molecule has 27 heavy (non-hydrogen) atoms. The molecule has 142 valence electrons. The maximum atomic E-state index is 13.3. The van der Waals surface area contributed by atoms with Crippen LogP contribution in [0.1, 0.15) is 25.0 Å². The first-order valence-corrected chi connectivity index (χ1v) is 8.81. The van der Waals surface area contributed by atoms with Gasteiger partial charge in [-0.25, -0.2) is 23.3 Å². The van der Waals surface area contributed by atoms with Crippen LogP contribution < -0.4 is 15.4 Å². The number of hydrogen-bond acceptors (Lipinski definition) is 6. The molecule has 3 aromatic rings. The molecule has 1 aliphatic rings. The third kappa shape index (κ3) is 3.55. The number of imidazole rings is 1. The van der Waals surface area contributed by atoms with Crippen molar-refractivity contribution in [3.8, 4) is 17.1 Å². The SMILES string of the molecule is COc1cc2ncc(-c3cccc(N[C@@H]4CCCNC4)n3)n2nc1C(F)F. The number of ether oxygens (including phenoxy) is 1. The topological polar surface area (TPSA) is 76.4 Å². The van der Waals surface area contributed by atoms with Gasteiger partial charge in [0.25, 0.3) is 6.43 Å². The molecule has 9 heteroatoms. The fraction of sp³-hybridized carbons (Fsp3) is 0.389. The van der Waals surface area contributed by atoms with E-state index in [9.17, 15) is 8.78 Å². The number of alkyl halides is 2. The van der Waals surface area contributed by atoms with Gasteiger partial charge in [0.2, 0.25) is 0 Å². The van der Waals surface area contributed by atoms with Crippen LogP contribution in [0.2, 0.25) is 0 Å². The number of aromatic nitrogens is 4. The number of anilines is 1. The quantitative estimate of drug-likeness (QED) is 0.715. The molecule has 2 N–H and O–H groups in total. The van der Waals surface area contributed by atoms with Crippen LogP contribution in [0.4, 0.5) is 14.6 Å². The second kappa shape index (κ2) is 7.43. The monoisotopic (exact) mass is 374 g/mol. The van der Waals surface area contributed by atoms with Gasteiger partial charge in [-0.1, -0.05) is 6.07 Å². The zero-order valence-corrected chi connectivity index (χ0v) is 14.8. The molecule has 0 saturated carbocycles. The summed E-state index contributed by atoms with van der Waals surface area (Å²) in [5.74, 6) is 0.751. The average Bonchev–Trinajstić information content (AvgIpc) is 3.11. The van der Waals surface area contributed by atoms with Gasteiger partial charge in [-0.2, -0.15) is 5.10 Å². The summed E-state index contributed by atoms with van der Waals surface area (Å²) in [6.45, 7) is 1.93.